The Kier molecular flexibility index (Phi) is 5.07. The highest BCUT2D eigenvalue weighted by molar-refractivity contribution is 5.91. The van der Waals surface area contributed by atoms with Crippen LogP contribution in [0.15, 0.2) is 42.5 Å². The summed E-state index contributed by atoms with van der Waals surface area (Å²) >= 11 is 0. The summed E-state index contributed by atoms with van der Waals surface area (Å²) in [4.78, 5) is 23.9. The molecule has 0 fully saturated rings. The molecule has 2 aromatic carbocycles. The van der Waals surface area contributed by atoms with Crippen molar-refractivity contribution in [1.82, 2.24) is 5.32 Å². The summed E-state index contributed by atoms with van der Waals surface area (Å²) in [6.45, 7) is -0.504. The van der Waals surface area contributed by atoms with E-state index in [9.17, 15) is 18.4 Å². The third-order valence-electron chi connectivity index (χ3n) is 4.14. The number of hydrogen-bond donors (Lipinski definition) is 1. The van der Waals surface area contributed by atoms with E-state index in [1.54, 1.807) is 0 Å². The Morgan fingerprint density at radius 2 is 1.84 bits per heavy atom. The van der Waals surface area contributed by atoms with Crippen molar-refractivity contribution in [1.29, 1.82) is 0 Å². The molecule has 1 aliphatic carbocycles. The monoisotopic (exact) mass is 345 g/mol. The van der Waals surface area contributed by atoms with Gasteiger partial charge in [0, 0.05) is 6.07 Å². The van der Waals surface area contributed by atoms with Crippen LogP contribution in [0.3, 0.4) is 0 Å². The van der Waals surface area contributed by atoms with Gasteiger partial charge in [-0.3, -0.25) is 4.79 Å². The Labute approximate surface area is 143 Å². The maximum Gasteiger partial charge on any atom is 0.338 e. The molecule has 0 radical (unpaired) electrons. The number of amides is 1. The van der Waals surface area contributed by atoms with Crippen molar-refractivity contribution in [2.75, 3.05) is 6.61 Å². The van der Waals surface area contributed by atoms with Gasteiger partial charge in [-0.15, -0.1) is 0 Å². The first kappa shape index (κ1) is 17.1. The fourth-order valence-corrected chi connectivity index (χ4v) is 3.03. The SMILES string of the molecule is O=C(COC(=O)c1cc(F)cc(F)c1)N[C@@H]1CCCc2ccccc21. The minimum atomic E-state index is -0.947. The fraction of sp³-hybridized carbons (Fsp3) is 0.263. The van der Waals surface area contributed by atoms with Gasteiger partial charge in [-0.25, -0.2) is 13.6 Å². The van der Waals surface area contributed by atoms with E-state index in [0.29, 0.717) is 6.07 Å². The number of fused-ring (bicyclic) bond motifs is 1. The van der Waals surface area contributed by atoms with E-state index in [0.717, 1.165) is 37.0 Å². The van der Waals surface area contributed by atoms with Crippen LogP contribution in [0.4, 0.5) is 8.78 Å². The molecule has 0 aromatic heterocycles. The van der Waals surface area contributed by atoms with E-state index < -0.39 is 30.1 Å². The average molecular weight is 345 g/mol. The van der Waals surface area contributed by atoms with Crippen molar-refractivity contribution in [2.45, 2.75) is 25.3 Å². The molecule has 1 amide bonds. The molecule has 6 heteroatoms. The lowest BCUT2D eigenvalue weighted by Gasteiger charge is -2.26. The van der Waals surface area contributed by atoms with Crippen LogP contribution in [0.1, 0.15) is 40.4 Å². The number of nitrogens with one attached hydrogen (secondary N) is 1. The number of hydrogen-bond acceptors (Lipinski definition) is 3. The Balaban J connectivity index is 1.58. The highest BCUT2D eigenvalue weighted by Gasteiger charge is 2.22. The highest BCUT2D eigenvalue weighted by atomic mass is 19.1. The number of ether oxygens (including phenoxy) is 1. The molecule has 0 saturated heterocycles. The van der Waals surface area contributed by atoms with Crippen LogP contribution >= 0.6 is 0 Å². The van der Waals surface area contributed by atoms with Gasteiger partial charge in [0.25, 0.3) is 5.91 Å². The van der Waals surface area contributed by atoms with Gasteiger partial charge in [0.2, 0.25) is 0 Å². The second kappa shape index (κ2) is 7.42. The van der Waals surface area contributed by atoms with E-state index in [4.69, 9.17) is 4.74 Å². The summed E-state index contributed by atoms with van der Waals surface area (Å²) in [6.07, 6.45) is 2.75. The smallest absolute Gasteiger partial charge is 0.338 e. The van der Waals surface area contributed by atoms with E-state index in [1.165, 1.54) is 5.56 Å². The zero-order chi connectivity index (χ0) is 17.8. The molecule has 1 aliphatic rings. The molecule has 0 aliphatic heterocycles. The van der Waals surface area contributed by atoms with Crippen LogP contribution in [-0.4, -0.2) is 18.5 Å². The number of rotatable bonds is 4. The van der Waals surface area contributed by atoms with Gasteiger partial charge >= 0.3 is 5.97 Å². The van der Waals surface area contributed by atoms with Crippen molar-refractivity contribution in [3.63, 3.8) is 0 Å². The zero-order valence-electron chi connectivity index (χ0n) is 13.4. The third kappa shape index (κ3) is 4.21. The van der Waals surface area contributed by atoms with Crippen LogP contribution in [-0.2, 0) is 16.0 Å². The summed E-state index contributed by atoms with van der Waals surface area (Å²) in [5.41, 5.74) is 2.00. The van der Waals surface area contributed by atoms with Crippen LogP contribution in [0.2, 0.25) is 0 Å². The largest absolute Gasteiger partial charge is 0.452 e. The molecule has 2 aromatic rings. The quantitative estimate of drug-likeness (QED) is 0.865. The van der Waals surface area contributed by atoms with Crippen molar-refractivity contribution in [3.05, 3.63) is 70.8 Å². The molecule has 1 atom stereocenters. The maximum atomic E-state index is 13.1. The minimum absolute atomic E-state index is 0.122. The second-order valence-electron chi connectivity index (χ2n) is 5.95. The summed E-state index contributed by atoms with van der Waals surface area (Å²) < 4.78 is 31.1. The molecule has 130 valence electrons. The number of aryl methyl sites for hydroxylation is 1. The van der Waals surface area contributed by atoms with Crippen molar-refractivity contribution in [2.24, 2.45) is 0 Å². The van der Waals surface area contributed by atoms with Gasteiger partial charge in [0.05, 0.1) is 11.6 Å². The van der Waals surface area contributed by atoms with Crippen molar-refractivity contribution < 1.29 is 23.1 Å². The Morgan fingerprint density at radius 3 is 2.60 bits per heavy atom. The summed E-state index contributed by atoms with van der Waals surface area (Å²) in [7, 11) is 0. The molecular weight excluding hydrogens is 328 g/mol. The minimum Gasteiger partial charge on any atom is -0.452 e. The molecule has 0 bridgehead atoms. The predicted molar refractivity (Wildman–Crippen MR) is 86.9 cm³/mol. The lowest BCUT2D eigenvalue weighted by atomic mass is 9.88. The zero-order valence-corrected chi connectivity index (χ0v) is 13.4. The van der Waals surface area contributed by atoms with Gasteiger partial charge in [-0.05, 0) is 42.5 Å². The molecular formula is C19H17F2NO3. The first-order valence-corrected chi connectivity index (χ1v) is 8.03. The Bertz CT molecular complexity index is 787. The predicted octanol–water partition coefficient (Wildman–Crippen LogP) is 3.32. The lowest BCUT2D eigenvalue weighted by molar-refractivity contribution is -0.125. The van der Waals surface area contributed by atoms with Crippen molar-refractivity contribution in [3.8, 4) is 0 Å². The van der Waals surface area contributed by atoms with Crippen LogP contribution < -0.4 is 5.32 Å². The first-order valence-electron chi connectivity index (χ1n) is 8.03. The third-order valence-corrected chi connectivity index (χ3v) is 4.14. The summed E-state index contributed by atoms with van der Waals surface area (Å²) in [5, 5.41) is 2.84. The number of benzene rings is 2. The second-order valence-corrected chi connectivity index (χ2v) is 5.95. The average Bonchev–Trinajstić information content (AvgIpc) is 2.59. The molecule has 0 heterocycles. The summed E-state index contributed by atoms with van der Waals surface area (Å²) in [5.74, 6) is -3.16. The first-order chi connectivity index (χ1) is 12.0. The number of carbonyl (C=O) groups excluding carboxylic acids is 2. The number of esters is 1. The molecule has 4 nitrogen and oxygen atoms in total. The molecule has 1 N–H and O–H groups in total. The summed E-state index contributed by atoms with van der Waals surface area (Å²) in [6, 6.07) is 10.1. The standard InChI is InChI=1S/C19H17F2NO3/c20-14-8-13(9-15(21)10-14)19(24)25-11-18(23)22-17-7-3-5-12-4-1-2-6-16(12)17/h1-2,4,6,8-10,17H,3,5,7,11H2,(H,22,23)/t17-/m1/s1. The van der Waals surface area contributed by atoms with Crippen LogP contribution in [0.25, 0.3) is 0 Å². The van der Waals surface area contributed by atoms with Crippen LogP contribution in [0.5, 0.6) is 0 Å². The molecule has 0 spiro atoms. The number of carbonyl (C=O) groups is 2. The molecule has 0 unspecified atom stereocenters. The fourth-order valence-electron chi connectivity index (χ4n) is 3.03. The van der Waals surface area contributed by atoms with E-state index in [-0.39, 0.29) is 11.6 Å². The van der Waals surface area contributed by atoms with Crippen LogP contribution in [0, 0.1) is 11.6 Å². The highest BCUT2D eigenvalue weighted by Crippen LogP contribution is 2.29. The van der Waals surface area contributed by atoms with Gasteiger partial charge in [0.15, 0.2) is 6.61 Å². The maximum absolute atomic E-state index is 13.1. The van der Waals surface area contributed by atoms with Gasteiger partial charge in [0.1, 0.15) is 11.6 Å². The Morgan fingerprint density at radius 1 is 1.12 bits per heavy atom. The van der Waals surface area contributed by atoms with E-state index in [2.05, 4.69) is 5.32 Å². The Hall–Kier alpha value is -2.76. The molecule has 3 rings (SSSR count). The molecule has 25 heavy (non-hydrogen) atoms. The van der Waals surface area contributed by atoms with Gasteiger partial charge in [-0.2, -0.15) is 0 Å². The lowest BCUT2D eigenvalue weighted by Crippen LogP contribution is -2.34. The normalized spacial score (nSPS) is 16.0. The van der Waals surface area contributed by atoms with Gasteiger partial charge < -0.3 is 10.1 Å². The molecule has 0 saturated carbocycles. The van der Waals surface area contributed by atoms with Gasteiger partial charge in [-0.1, -0.05) is 24.3 Å². The van der Waals surface area contributed by atoms with Crippen molar-refractivity contribution >= 4 is 11.9 Å². The van der Waals surface area contributed by atoms with E-state index >= 15 is 0 Å². The van der Waals surface area contributed by atoms with E-state index in [1.807, 2.05) is 24.3 Å². The topological polar surface area (TPSA) is 55.4 Å². The number of halogens is 2.